The largest absolute Gasteiger partial charge is 0.461 e. The van der Waals surface area contributed by atoms with Crippen molar-refractivity contribution in [3.63, 3.8) is 0 Å². The summed E-state index contributed by atoms with van der Waals surface area (Å²) in [5.74, 6) is -2.43. The first-order chi connectivity index (χ1) is 14.6. The molecule has 3 amide bonds. The van der Waals surface area contributed by atoms with Crippen LogP contribution in [0.4, 0.5) is 0 Å². The van der Waals surface area contributed by atoms with Crippen molar-refractivity contribution < 1.29 is 23.9 Å². The minimum atomic E-state index is -0.942. The van der Waals surface area contributed by atoms with Crippen LogP contribution in [0.15, 0.2) is 28.8 Å². The van der Waals surface area contributed by atoms with Gasteiger partial charge >= 0.3 is 5.97 Å². The predicted octanol–water partition coefficient (Wildman–Crippen LogP) is 1.53. The van der Waals surface area contributed by atoms with Gasteiger partial charge in [0.25, 0.3) is 11.8 Å². The van der Waals surface area contributed by atoms with Crippen LogP contribution in [0.25, 0.3) is 0 Å². The van der Waals surface area contributed by atoms with Crippen LogP contribution >= 0.6 is 11.8 Å². The smallest absolute Gasteiger partial charge is 0.329 e. The lowest BCUT2D eigenvalue weighted by Crippen LogP contribution is -2.48. The van der Waals surface area contributed by atoms with E-state index in [0.717, 1.165) is 4.90 Å². The lowest BCUT2D eigenvalue weighted by Gasteiger charge is -2.24. The van der Waals surface area contributed by atoms with Crippen molar-refractivity contribution in [1.29, 1.82) is 0 Å². The number of cyclic esters (lactones) is 1. The molecule has 1 aromatic heterocycles. The number of pyridine rings is 1. The van der Waals surface area contributed by atoms with Crippen LogP contribution in [0.3, 0.4) is 0 Å². The van der Waals surface area contributed by atoms with Crippen LogP contribution in [0.1, 0.15) is 50.3 Å². The lowest BCUT2D eigenvalue weighted by atomic mass is 10.0. The third-order valence-corrected chi connectivity index (χ3v) is 5.27. The predicted molar refractivity (Wildman–Crippen MR) is 116 cm³/mol. The number of fused-ring (bicyclic) bond motifs is 2. The van der Waals surface area contributed by atoms with Gasteiger partial charge in [0.05, 0.1) is 18.7 Å². The van der Waals surface area contributed by atoms with E-state index in [-0.39, 0.29) is 36.2 Å². The highest BCUT2D eigenvalue weighted by atomic mass is 32.2. The minimum absolute atomic E-state index is 0.00481. The first kappa shape index (κ1) is 24.4. The molecule has 168 valence electrons. The maximum atomic E-state index is 12.8. The Morgan fingerprint density at radius 1 is 1.19 bits per heavy atom. The summed E-state index contributed by atoms with van der Waals surface area (Å²) in [6.07, 6.45) is 2.58. The maximum Gasteiger partial charge on any atom is 0.329 e. The highest BCUT2D eigenvalue weighted by molar-refractivity contribution is 7.98. The minimum Gasteiger partial charge on any atom is -0.461 e. The molecule has 1 aromatic rings. The molecule has 0 saturated carbocycles. The summed E-state index contributed by atoms with van der Waals surface area (Å²) in [6, 6.07) is 2.43. The molecule has 3 N–H and O–H groups in total. The summed E-state index contributed by atoms with van der Waals surface area (Å²) in [5.41, 5.74) is 0.603. The van der Waals surface area contributed by atoms with Gasteiger partial charge in [0.1, 0.15) is 23.5 Å². The van der Waals surface area contributed by atoms with Crippen LogP contribution in [-0.4, -0.2) is 47.1 Å². The summed E-state index contributed by atoms with van der Waals surface area (Å²) in [6.45, 7) is 6.84. The van der Waals surface area contributed by atoms with Crippen LogP contribution in [0.5, 0.6) is 0 Å². The Kier molecular flexibility index (Phi) is 8.61. The van der Waals surface area contributed by atoms with Gasteiger partial charge in [-0.05, 0) is 38.2 Å². The van der Waals surface area contributed by atoms with Crippen LogP contribution in [0, 0.1) is 5.92 Å². The molecule has 2 atom stereocenters. The van der Waals surface area contributed by atoms with E-state index in [1.54, 1.807) is 39.8 Å². The Morgan fingerprint density at radius 3 is 2.52 bits per heavy atom. The van der Waals surface area contributed by atoms with Crippen LogP contribution < -0.4 is 16.0 Å². The number of allylic oxidation sites excluding steroid dienone is 1. The highest BCUT2D eigenvalue weighted by Gasteiger charge is 2.29. The maximum absolute atomic E-state index is 12.8. The summed E-state index contributed by atoms with van der Waals surface area (Å²) in [7, 11) is 0. The third-order valence-electron chi connectivity index (χ3n) is 4.57. The number of carbonyl (C=O) groups is 4. The average molecular weight is 449 g/mol. The van der Waals surface area contributed by atoms with Crippen molar-refractivity contribution >= 4 is 35.5 Å². The van der Waals surface area contributed by atoms with Gasteiger partial charge in [0.2, 0.25) is 5.91 Å². The number of hydrogen-bond acceptors (Lipinski definition) is 7. The van der Waals surface area contributed by atoms with Crippen LogP contribution in [0.2, 0.25) is 0 Å². The summed E-state index contributed by atoms with van der Waals surface area (Å²) >= 11 is 1.43. The Morgan fingerprint density at radius 2 is 1.90 bits per heavy atom. The fourth-order valence-electron chi connectivity index (χ4n) is 2.88. The molecule has 1 aliphatic heterocycles. The van der Waals surface area contributed by atoms with Gasteiger partial charge in [-0.2, -0.15) is 0 Å². The van der Waals surface area contributed by atoms with Crippen molar-refractivity contribution in [3.05, 3.63) is 35.3 Å². The number of esters is 1. The van der Waals surface area contributed by atoms with E-state index in [1.807, 2.05) is 6.26 Å². The average Bonchev–Trinajstić information content (AvgIpc) is 2.72. The van der Waals surface area contributed by atoms with Gasteiger partial charge in [-0.1, -0.05) is 19.9 Å². The van der Waals surface area contributed by atoms with Crippen molar-refractivity contribution in [3.8, 4) is 0 Å². The van der Waals surface area contributed by atoms with E-state index in [1.165, 1.54) is 17.8 Å². The molecule has 1 aliphatic rings. The first-order valence-corrected chi connectivity index (χ1v) is 11.2. The zero-order valence-electron chi connectivity index (χ0n) is 18.3. The number of aromatic nitrogens is 1. The monoisotopic (exact) mass is 448 g/mol. The van der Waals surface area contributed by atoms with Crippen LogP contribution in [-0.2, 0) is 25.7 Å². The molecular weight excluding hydrogens is 420 g/mol. The highest BCUT2D eigenvalue weighted by Crippen LogP contribution is 2.17. The Bertz CT molecular complexity index is 900. The molecule has 9 nitrogen and oxygen atoms in total. The summed E-state index contributed by atoms with van der Waals surface area (Å²) in [5, 5.41) is 7.89. The van der Waals surface area contributed by atoms with E-state index in [9.17, 15) is 19.2 Å². The van der Waals surface area contributed by atoms with E-state index < -0.39 is 29.9 Å². The molecule has 0 saturated heterocycles. The quantitative estimate of drug-likeness (QED) is 0.356. The molecule has 0 aliphatic carbocycles. The fraction of sp³-hybridized carbons (Fsp3) is 0.476. The second kappa shape index (κ2) is 10.9. The first-order valence-electron chi connectivity index (χ1n) is 9.95. The van der Waals surface area contributed by atoms with Gasteiger partial charge in [-0.3, -0.25) is 14.4 Å². The van der Waals surface area contributed by atoms with Gasteiger partial charge in [0, 0.05) is 4.90 Å². The molecule has 31 heavy (non-hydrogen) atoms. The molecule has 0 aromatic carbocycles. The number of nitrogens with zero attached hydrogens (tertiary/aromatic N) is 1. The fourth-order valence-corrected chi connectivity index (χ4v) is 3.37. The Hall–Kier alpha value is -2.88. The SMILES string of the molecule is C/C=C1\NC(=O)c2cc(SC)cc(n2)CNC(=O)C[C@@H](C)OC(=O)[C@H](C(C)C)NC1=O. The number of nitrogens with one attached hydrogen (secondary N) is 3. The normalized spacial score (nSPS) is 22.6. The van der Waals surface area contributed by atoms with E-state index in [2.05, 4.69) is 20.9 Å². The van der Waals surface area contributed by atoms with Gasteiger partial charge in [-0.15, -0.1) is 11.8 Å². The number of ether oxygens (including phenoxy) is 1. The number of carbonyl (C=O) groups excluding carboxylic acids is 4. The van der Waals surface area contributed by atoms with Gasteiger partial charge in [0.15, 0.2) is 0 Å². The van der Waals surface area contributed by atoms with Crippen molar-refractivity contribution in [2.24, 2.45) is 5.92 Å². The standard InChI is InChI=1S/C21H28N4O5S/c1-6-15-19(27)25-18(11(2)3)21(29)30-12(4)7-17(26)22-10-13-8-14(31-5)9-16(23-13)20(28)24-15/h6,8-9,11-12,18H,7,10H2,1-5H3,(H,22,26)(H,24,28)(H,25,27)/b15-6-/t12-,18+/m1/s1. The molecular formula is C21H28N4O5S. The van der Waals surface area contributed by atoms with Crippen molar-refractivity contribution in [2.75, 3.05) is 6.26 Å². The molecule has 0 radical (unpaired) electrons. The second-order valence-electron chi connectivity index (χ2n) is 7.46. The molecule has 10 heteroatoms. The molecule has 0 fully saturated rings. The summed E-state index contributed by atoms with van der Waals surface area (Å²) in [4.78, 5) is 55.4. The topological polar surface area (TPSA) is 126 Å². The van der Waals surface area contributed by atoms with E-state index >= 15 is 0 Å². The molecule has 0 spiro atoms. The number of thioether (sulfide) groups is 1. The number of hydrogen-bond donors (Lipinski definition) is 3. The molecule has 2 bridgehead atoms. The Balaban J connectivity index is 2.42. The third kappa shape index (κ3) is 6.81. The Labute approximate surface area is 185 Å². The second-order valence-corrected chi connectivity index (χ2v) is 8.34. The molecule has 2 heterocycles. The van der Waals surface area contributed by atoms with E-state index in [0.29, 0.717) is 5.69 Å². The van der Waals surface area contributed by atoms with Crippen molar-refractivity contribution in [2.45, 2.75) is 57.7 Å². The summed E-state index contributed by atoms with van der Waals surface area (Å²) < 4.78 is 5.37. The zero-order valence-corrected chi connectivity index (χ0v) is 19.1. The van der Waals surface area contributed by atoms with Gasteiger partial charge in [-0.25, -0.2) is 9.78 Å². The number of amides is 3. The molecule has 0 unspecified atom stereocenters. The lowest BCUT2D eigenvalue weighted by molar-refractivity contribution is -0.154. The van der Waals surface area contributed by atoms with Gasteiger partial charge < -0.3 is 20.7 Å². The number of rotatable bonds is 2. The van der Waals surface area contributed by atoms with Crippen molar-refractivity contribution in [1.82, 2.24) is 20.9 Å². The zero-order chi connectivity index (χ0) is 23.1. The molecule has 2 rings (SSSR count). The van der Waals surface area contributed by atoms with E-state index in [4.69, 9.17) is 4.74 Å².